The Hall–Kier alpha value is -1.21. The Kier molecular flexibility index (Phi) is 4.59. The highest BCUT2D eigenvalue weighted by Gasteiger charge is 2.25. The van der Waals surface area contributed by atoms with Gasteiger partial charge in [-0.3, -0.25) is 0 Å². The average molecular weight is 313 g/mol. The van der Waals surface area contributed by atoms with Crippen LogP contribution in [0, 0.1) is 0 Å². The van der Waals surface area contributed by atoms with Crippen LogP contribution in [-0.4, -0.2) is 33.4 Å². The first kappa shape index (κ1) is 15.2. The third-order valence-electron chi connectivity index (χ3n) is 2.94. The van der Waals surface area contributed by atoms with E-state index in [1.165, 1.54) is 11.8 Å². The first-order valence-corrected chi connectivity index (χ1v) is 8.93. The lowest BCUT2D eigenvalue weighted by atomic mass is 10.2. The molecule has 0 amide bonds. The number of rotatable bonds is 4. The molecule has 0 bridgehead atoms. The fourth-order valence-electron chi connectivity index (χ4n) is 1.78. The van der Waals surface area contributed by atoms with E-state index in [1.807, 2.05) is 25.1 Å². The maximum Gasteiger partial charge on any atom is 0.286 e. The van der Waals surface area contributed by atoms with Crippen LogP contribution < -0.4 is 10.2 Å². The van der Waals surface area contributed by atoms with Crippen LogP contribution in [0.1, 0.15) is 19.8 Å². The molecular weight excluding hydrogens is 294 g/mol. The third-order valence-corrected chi connectivity index (χ3v) is 5.33. The van der Waals surface area contributed by atoms with Gasteiger partial charge in [0.15, 0.2) is 5.17 Å². The largest absolute Gasteiger partial charge is 0.378 e. The molecule has 1 aromatic rings. The normalized spacial score (nSPS) is 16.1. The van der Waals surface area contributed by atoms with Crippen molar-refractivity contribution in [1.82, 2.24) is 0 Å². The zero-order chi connectivity index (χ0) is 14.8. The summed E-state index contributed by atoms with van der Waals surface area (Å²) < 4.78 is 28.3. The summed E-state index contributed by atoms with van der Waals surface area (Å²) in [5.74, 6) is 0.864. The summed E-state index contributed by atoms with van der Waals surface area (Å²) in [5.41, 5.74) is 1.44. The molecule has 20 heavy (non-hydrogen) atoms. The summed E-state index contributed by atoms with van der Waals surface area (Å²) in [6.07, 6.45) is 2.12. The molecule has 0 atom stereocenters. The van der Waals surface area contributed by atoms with Crippen LogP contribution in [0.4, 0.5) is 11.4 Å². The van der Waals surface area contributed by atoms with Gasteiger partial charge >= 0.3 is 0 Å². The molecule has 0 spiro atoms. The van der Waals surface area contributed by atoms with Gasteiger partial charge in [0.25, 0.3) is 10.0 Å². The van der Waals surface area contributed by atoms with Crippen LogP contribution in [0.2, 0.25) is 0 Å². The van der Waals surface area contributed by atoms with Crippen molar-refractivity contribution in [2.75, 3.05) is 30.1 Å². The van der Waals surface area contributed by atoms with Crippen LogP contribution in [0.3, 0.4) is 0 Å². The Morgan fingerprint density at radius 3 is 2.75 bits per heavy atom. The average Bonchev–Trinajstić information content (AvgIpc) is 2.38. The molecule has 1 aliphatic heterocycles. The smallest absolute Gasteiger partial charge is 0.286 e. The summed E-state index contributed by atoms with van der Waals surface area (Å²) in [4.78, 5) is 2.11. The van der Waals surface area contributed by atoms with Crippen molar-refractivity contribution < 1.29 is 8.42 Å². The van der Waals surface area contributed by atoms with Crippen LogP contribution >= 0.6 is 11.8 Å². The Bertz CT molecular complexity index is 625. The molecule has 0 saturated heterocycles. The Balaban J connectivity index is 2.30. The van der Waals surface area contributed by atoms with Crippen LogP contribution in [-0.2, 0) is 10.0 Å². The number of sulfonamides is 1. The number of hydrogen-bond acceptors (Lipinski definition) is 5. The van der Waals surface area contributed by atoms with E-state index in [4.69, 9.17) is 0 Å². The molecule has 0 unspecified atom stereocenters. The van der Waals surface area contributed by atoms with Gasteiger partial charge in [-0.25, -0.2) is 0 Å². The summed E-state index contributed by atoms with van der Waals surface area (Å²) in [6, 6.07) is 5.33. The number of anilines is 2. The highest BCUT2D eigenvalue weighted by molar-refractivity contribution is 8.14. The number of amidine groups is 1. The molecule has 1 aliphatic rings. The molecule has 110 valence electrons. The van der Waals surface area contributed by atoms with Gasteiger partial charge < -0.3 is 10.2 Å². The van der Waals surface area contributed by atoms with Crippen molar-refractivity contribution in [2.45, 2.75) is 24.7 Å². The van der Waals surface area contributed by atoms with Crippen molar-refractivity contribution in [3.05, 3.63) is 18.2 Å². The number of benzene rings is 1. The minimum absolute atomic E-state index is 0.239. The van der Waals surface area contributed by atoms with E-state index in [0.717, 1.165) is 24.3 Å². The predicted molar refractivity (Wildman–Crippen MR) is 86.4 cm³/mol. The standard InChI is InChI=1S/C13H19N3O2S2/c1-4-5-8-19-13-14-11-7-6-10(16(2)3)9-12(11)20(17,18)15-13/h6-7,9H,4-5,8H2,1-3H3,(H,14,15). The summed E-state index contributed by atoms with van der Waals surface area (Å²) in [5, 5.41) is 3.55. The molecule has 0 radical (unpaired) electrons. The van der Waals surface area contributed by atoms with Gasteiger partial charge in [-0.15, -0.1) is 4.40 Å². The number of fused-ring (bicyclic) bond motifs is 1. The van der Waals surface area contributed by atoms with Crippen molar-refractivity contribution in [3.63, 3.8) is 0 Å². The fourth-order valence-corrected chi connectivity index (χ4v) is 4.12. The molecule has 0 aromatic heterocycles. The van der Waals surface area contributed by atoms with E-state index < -0.39 is 10.0 Å². The number of nitrogens with one attached hydrogen (secondary N) is 1. The van der Waals surface area contributed by atoms with Gasteiger partial charge in [0.1, 0.15) is 4.90 Å². The summed E-state index contributed by atoms with van der Waals surface area (Å²) in [6.45, 7) is 2.10. The topological polar surface area (TPSA) is 61.8 Å². The first-order valence-electron chi connectivity index (χ1n) is 6.50. The monoisotopic (exact) mass is 313 g/mol. The van der Waals surface area contributed by atoms with E-state index in [1.54, 1.807) is 12.1 Å². The fraction of sp³-hybridized carbons (Fsp3) is 0.462. The molecule has 1 heterocycles. The second kappa shape index (κ2) is 6.05. The first-order chi connectivity index (χ1) is 9.44. The van der Waals surface area contributed by atoms with Crippen molar-refractivity contribution >= 4 is 38.3 Å². The van der Waals surface area contributed by atoms with Crippen molar-refractivity contribution in [3.8, 4) is 0 Å². The van der Waals surface area contributed by atoms with E-state index >= 15 is 0 Å². The van der Waals surface area contributed by atoms with Gasteiger partial charge in [-0.2, -0.15) is 8.42 Å². The number of nitrogens with zero attached hydrogens (tertiary/aromatic N) is 2. The van der Waals surface area contributed by atoms with Gasteiger partial charge in [0.05, 0.1) is 5.69 Å². The second-order valence-corrected chi connectivity index (χ2v) is 7.43. The lowest BCUT2D eigenvalue weighted by Gasteiger charge is -2.20. The minimum atomic E-state index is -3.61. The quantitative estimate of drug-likeness (QED) is 0.866. The maximum absolute atomic E-state index is 12.2. The van der Waals surface area contributed by atoms with E-state index in [0.29, 0.717) is 10.9 Å². The maximum atomic E-state index is 12.2. The third kappa shape index (κ3) is 3.27. The zero-order valence-corrected chi connectivity index (χ0v) is 13.5. The Morgan fingerprint density at radius 1 is 1.35 bits per heavy atom. The zero-order valence-electron chi connectivity index (χ0n) is 11.9. The molecule has 7 heteroatoms. The van der Waals surface area contributed by atoms with Gasteiger partial charge in [-0.1, -0.05) is 25.1 Å². The number of unbranched alkanes of at least 4 members (excludes halogenated alkanes) is 1. The molecule has 0 saturated carbocycles. The van der Waals surface area contributed by atoms with Crippen molar-refractivity contribution in [2.24, 2.45) is 4.40 Å². The van der Waals surface area contributed by atoms with E-state index in [-0.39, 0.29) is 4.90 Å². The molecule has 2 rings (SSSR count). The number of thioether (sulfide) groups is 1. The van der Waals surface area contributed by atoms with Crippen LogP contribution in [0.5, 0.6) is 0 Å². The van der Waals surface area contributed by atoms with Gasteiger partial charge in [0.2, 0.25) is 0 Å². The molecule has 1 aromatic carbocycles. The summed E-state index contributed by atoms with van der Waals surface area (Å²) >= 11 is 1.45. The van der Waals surface area contributed by atoms with E-state index in [2.05, 4.69) is 16.6 Å². The SMILES string of the molecule is CCCCSC1=NS(=O)(=O)c2cc(N(C)C)ccc2N1. The van der Waals surface area contributed by atoms with Gasteiger partial charge in [0, 0.05) is 25.5 Å². The van der Waals surface area contributed by atoms with Crippen LogP contribution in [0.15, 0.2) is 27.5 Å². The second-order valence-electron chi connectivity index (χ2n) is 4.77. The molecule has 5 nitrogen and oxygen atoms in total. The lowest BCUT2D eigenvalue weighted by Crippen LogP contribution is -2.20. The highest BCUT2D eigenvalue weighted by Crippen LogP contribution is 2.32. The van der Waals surface area contributed by atoms with Crippen molar-refractivity contribution in [1.29, 1.82) is 0 Å². The predicted octanol–water partition coefficient (Wildman–Crippen LogP) is 2.76. The lowest BCUT2D eigenvalue weighted by molar-refractivity contribution is 0.598. The van der Waals surface area contributed by atoms with Crippen LogP contribution in [0.25, 0.3) is 0 Å². The Labute approximate surface area is 124 Å². The Morgan fingerprint density at radius 2 is 2.10 bits per heavy atom. The molecule has 1 N–H and O–H groups in total. The molecular formula is C13H19N3O2S2. The minimum Gasteiger partial charge on any atom is -0.378 e. The molecule has 0 fully saturated rings. The highest BCUT2D eigenvalue weighted by atomic mass is 32.2. The van der Waals surface area contributed by atoms with Gasteiger partial charge in [-0.05, 0) is 24.6 Å². The van der Waals surface area contributed by atoms with E-state index in [9.17, 15) is 8.42 Å². The summed E-state index contributed by atoms with van der Waals surface area (Å²) in [7, 11) is 0.143. The number of hydrogen-bond donors (Lipinski definition) is 1. The molecule has 0 aliphatic carbocycles.